The monoisotopic (exact) mass is 207 g/mol. The minimum atomic E-state index is 0.342. The lowest BCUT2D eigenvalue weighted by atomic mass is 10.2. The topological polar surface area (TPSA) is 17.1 Å². The van der Waals surface area contributed by atoms with Crippen molar-refractivity contribution in [3.8, 4) is 0 Å². The van der Waals surface area contributed by atoms with Crippen LogP contribution in [0.15, 0.2) is 29.2 Å². The molecule has 0 N–H and O–H groups in total. The molecule has 0 spiro atoms. The van der Waals surface area contributed by atoms with E-state index in [0.29, 0.717) is 16.7 Å². The molecule has 14 heavy (non-hydrogen) atoms. The van der Waals surface area contributed by atoms with E-state index in [1.54, 1.807) is 0 Å². The maximum atomic E-state index is 11.1. The van der Waals surface area contributed by atoms with Gasteiger partial charge in [0.1, 0.15) is 17.3 Å². The van der Waals surface area contributed by atoms with Crippen LogP contribution in [0.3, 0.4) is 0 Å². The van der Waals surface area contributed by atoms with Crippen LogP contribution in [0.1, 0.15) is 18.4 Å². The van der Waals surface area contributed by atoms with Gasteiger partial charge in [-0.3, -0.25) is 4.79 Å². The van der Waals surface area contributed by atoms with Crippen molar-refractivity contribution in [1.29, 1.82) is 0 Å². The number of benzene rings is 1. The highest BCUT2D eigenvalue weighted by Gasteiger charge is 2.28. The van der Waals surface area contributed by atoms with Crippen LogP contribution in [0, 0.1) is 6.92 Å². The zero-order chi connectivity index (χ0) is 9.97. The lowest BCUT2D eigenvalue weighted by Crippen LogP contribution is -2.23. The predicted molar refractivity (Wildman–Crippen MR) is 60.8 cm³/mol. The van der Waals surface area contributed by atoms with Crippen LogP contribution in [0.25, 0.3) is 0 Å². The lowest BCUT2D eigenvalue weighted by Gasteiger charge is -2.12. The number of aryl methyl sites for hydroxylation is 1. The normalized spacial score (nSPS) is 18.5. The summed E-state index contributed by atoms with van der Waals surface area (Å²) < 4.78 is 0. The van der Waals surface area contributed by atoms with Gasteiger partial charge in [0.25, 0.3) is 0 Å². The van der Waals surface area contributed by atoms with Gasteiger partial charge in [-0.1, -0.05) is 17.7 Å². The smallest absolute Gasteiger partial charge is 0.154 e. The first-order valence-corrected chi connectivity index (χ1v) is 6.58. The van der Waals surface area contributed by atoms with Gasteiger partial charge in [0.2, 0.25) is 0 Å². The molecule has 1 aliphatic rings. The van der Waals surface area contributed by atoms with E-state index < -0.39 is 0 Å². The SMILES string of the molecule is Cc1ccc([S+]2CCC(=O)CC2)cc1. The molecule has 1 saturated heterocycles. The third kappa shape index (κ3) is 2.18. The minimum absolute atomic E-state index is 0.342. The van der Waals surface area contributed by atoms with Crippen molar-refractivity contribution in [2.75, 3.05) is 11.5 Å². The van der Waals surface area contributed by atoms with Crippen LogP contribution < -0.4 is 0 Å². The van der Waals surface area contributed by atoms with Gasteiger partial charge in [-0.05, 0) is 19.1 Å². The van der Waals surface area contributed by atoms with Crippen molar-refractivity contribution < 1.29 is 4.79 Å². The van der Waals surface area contributed by atoms with E-state index in [-0.39, 0.29) is 0 Å². The number of Topliss-reactive ketones (excluding diaryl/α,β-unsaturated/α-hetero) is 1. The fourth-order valence-electron chi connectivity index (χ4n) is 1.67. The largest absolute Gasteiger partial charge is 0.299 e. The molecule has 1 fully saturated rings. The van der Waals surface area contributed by atoms with Crippen LogP contribution in [0.4, 0.5) is 0 Å². The summed E-state index contributed by atoms with van der Waals surface area (Å²) in [4.78, 5) is 12.5. The molecule has 2 rings (SSSR count). The van der Waals surface area contributed by atoms with Crippen LogP contribution in [-0.4, -0.2) is 17.3 Å². The highest BCUT2D eigenvalue weighted by Crippen LogP contribution is 2.20. The van der Waals surface area contributed by atoms with E-state index in [1.165, 1.54) is 10.5 Å². The highest BCUT2D eigenvalue weighted by molar-refractivity contribution is 7.97. The first-order chi connectivity index (χ1) is 6.75. The quantitative estimate of drug-likeness (QED) is 0.646. The molecule has 0 amide bonds. The molecule has 1 aliphatic heterocycles. The van der Waals surface area contributed by atoms with E-state index in [1.807, 2.05) is 0 Å². The Morgan fingerprint density at radius 1 is 1.07 bits per heavy atom. The minimum Gasteiger partial charge on any atom is -0.299 e. The summed E-state index contributed by atoms with van der Waals surface area (Å²) in [5.41, 5.74) is 1.31. The van der Waals surface area contributed by atoms with Gasteiger partial charge in [-0.2, -0.15) is 0 Å². The molecule has 2 heteroatoms. The molecular formula is C12H15OS+. The first kappa shape index (κ1) is 9.78. The number of carbonyl (C=O) groups is 1. The van der Waals surface area contributed by atoms with Crippen molar-refractivity contribution in [2.45, 2.75) is 24.7 Å². The van der Waals surface area contributed by atoms with E-state index in [9.17, 15) is 4.79 Å². The molecule has 1 heterocycles. The third-order valence-corrected chi connectivity index (χ3v) is 4.94. The maximum absolute atomic E-state index is 11.1. The second-order valence-corrected chi connectivity index (χ2v) is 6.03. The Morgan fingerprint density at radius 2 is 1.64 bits per heavy atom. The molecule has 0 bridgehead atoms. The summed E-state index contributed by atoms with van der Waals surface area (Å²) in [7, 11) is 0.342. The maximum Gasteiger partial charge on any atom is 0.154 e. The van der Waals surface area contributed by atoms with Crippen molar-refractivity contribution >= 4 is 16.7 Å². The zero-order valence-corrected chi connectivity index (χ0v) is 9.27. The Balaban J connectivity index is 2.08. The lowest BCUT2D eigenvalue weighted by molar-refractivity contribution is -0.118. The Kier molecular flexibility index (Phi) is 2.92. The summed E-state index contributed by atoms with van der Waals surface area (Å²) in [6.45, 7) is 2.11. The van der Waals surface area contributed by atoms with Gasteiger partial charge >= 0.3 is 0 Å². The van der Waals surface area contributed by atoms with Crippen LogP contribution in [0.2, 0.25) is 0 Å². The van der Waals surface area contributed by atoms with E-state index in [2.05, 4.69) is 31.2 Å². The second kappa shape index (κ2) is 4.18. The van der Waals surface area contributed by atoms with Crippen LogP contribution in [0.5, 0.6) is 0 Å². The summed E-state index contributed by atoms with van der Waals surface area (Å²) in [6, 6.07) is 8.76. The highest BCUT2D eigenvalue weighted by atomic mass is 32.2. The van der Waals surface area contributed by atoms with Crippen molar-refractivity contribution in [1.82, 2.24) is 0 Å². The first-order valence-electron chi connectivity index (χ1n) is 5.01. The number of hydrogen-bond donors (Lipinski definition) is 0. The molecule has 1 nitrogen and oxygen atoms in total. The van der Waals surface area contributed by atoms with Crippen molar-refractivity contribution in [3.63, 3.8) is 0 Å². The Morgan fingerprint density at radius 3 is 2.21 bits per heavy atom. The molecule has 0 unspecified atom stereocenters. The molecule has 0 aromatic heterocycles. The molecule has 0 aliphatic carbocycles. The molecule has 1 aromatic carbocycles. The van der Waals surface area contributed by atoms with E-state index >= 15 is 0 Å². The average molecular weight is 207 g/mol. The number of hydrogen-bond acceptors (Lipinski definition) is 1. The summed E-state index contributed by atoms with van der Waals surface area (Å²) in [5, 5.41) is 0. The zero-order valence-electron chi connectivity index (χ0n) is 8.45. The van der Waals surface area contributed by atoms with Crippen molar-refractivity contribution in [2.24, 2.45) is 0 Å². The average Bonchev–Trinajstić information content (AvgIpc) is 2.21. The van der Waals surface area contributed by atoms with Gasteiger partial charge in [0.05, 0.1) is 12.8 Å². The van der Waals surface area contributed by atoms with Crippen molar-refractivity contribution in [3.05, 3.63) is 29.8 Å². The van der Waals surface area contributed by atoms with E-state index in [4.69, 9.17) is 0 Å². The van der Waals surface area contributed by atoms with Crippen LogP contribution >= 0.6 is 0 Å². The summed E-state index contributed by atoms with van der Waals surface area (Å²) in [5.74, 6) is 2.59. The fraction of sp³-hybridized carbons (Fsp3) is 0.417. The second-order valence-electron chi connectivity index (χ2n) is 3.75. The Hall–Kier alpha value is -0.760. The molecule has 0 radical (unpaired) electrons. The molecule has 1 aromatic rings. The summed E-state index contributed by atoms with van der Waals surface area (Å²) >= 11 is 0. The summed E-state index contributed by atoms with van der Waals surface area (Å²) in [6.07, 6.45) is 1.58. The predicted octanol–water partition coefficient (Wildman–Crippen LogP) is 2.34. The molecule has 74 valence electrons. The number of rotatable bonds is 1. The van der Waals surface area contributed by atoms with Gasteiger partial charge in [0, 0.05) is 10.9 Å². The number of carbonyl (C=O) groups excluding carboxylic acids is 1. The van der Waals surface area contributed by atoms with Gasteiger partial charge in [-0.25, -0.2) is 0 Å². The fourth-order valence-corrected chi connectivity index (χ4v) is 3.81. The van der Waals surface area contributed by atoms with Gasteiger partial charge in [-0.15, -0.1) is 0 Å². The third-order valence-electron chi connectivity index (χ3n) is 2.61. The molecular weight excluding hydrogens is 192 g/mol. The Bertz CT molecular complexity index is 319. The van der Waals surface area contributed by atoms with E-state index in [0.717, 1.165) is 24.3 Å². The molecule has 0 saturated carbocycles. The Labute approximate surface area is 87.9 Å². The van der Waals surface area contributed by atoms with Gasteiger partial charge in [0.15, 0.2) is 4.90 Å². The number of ketones is 1. The van der Waals surface area contributed by atoms with Gasteiger partial charge < -0.3 is 0 Å². The standard InChI is InChI=1S/C12H15OS/c1-10-2-4-12(5-3-10)14-8-6-11(13)7-9-14/h2-5H,6-9H2,1H3/q+1. The molecule has 0 atom stereocenters. The van der Waals surface area contributed by atoms with Crippen LogP contribution in [-0.2, 0) is 15.7 Å².